The zero-order valence-corrected chi connectivity index (χ0v) is 10.5. The van der Waals surface area contributed by atoms with E-state index in [1.165, 1.54) is 12.1 Å². The average Bonchev–Trinajstić information content (AvgIpc) is 2.03. The van der Waals surface area contributed by atoms with Crippen LogP contribution < -0.4 is 4.52 Å². The molecular weight excluding hydrogens is 274 g/mol. The highest BCUT2D eigenvalue weighted by atomic mass is 31.2. The van der Waals surface area contributed by atoms with Crippen molar-refractivity contribution in [3.05, 3.63) is 29.8 Å². The zero-order chi connectivity index (χ0) is 13.7. The number of hydrogen-bond donors (Lipinski definition) is 5. The van der Waals surface area contributed by atoms with Crippen LogP contribution in [0.4, 0.5) is 0 Å². The lowest BCUT2D eigenvalue weighted by Crippen LogP contribution is -1.89. The van der Waals surface area contributed by atoms with Crippen LogP contribution in [0.15, 0.2) is 24.3 Å². The summed E-state index contributed by atoms with van der Waals surface area (Å²) in [6.45, 7) is 1.88. The fourth-order valence-corrected chi connectivity index (χ4v) is 1.13. The van der Waals surface area contributed by atoms with Gasteiger partial charge in [0.1, 0.15) is 5.75 Å². The first-order valence-corrected chi connectivity index (χ1v) is 7.17. The fraction of sp³-hybridized carbons (Fsp3) is 0.143. The number of phosphoric acid groups is 2. The monoisotopic (exact) mass is 286 g/mol. The lowest BCUT2D eigenvalue weighted by Gasteiger charge is -2.05. The van der Waals surface area contributed by atoms with Gasteiger partial charge in [0.05, 0.1) is 0 Å². The molecule has 0 bridgehead atoms. The van der Waals surface area contributed by atoms with Crippen molar-refractivity contribution in [3.63, 3.8) is 0 Å². The molecule has 0 amide bonds. The Morgan fingerprint density at radius 2 is 1.29 bits per heavy atom. The number of benzene rings is 1. The highest BCUT2D eigenvalue weighted by Gasteiger charge is 2.14. The van der Waals surface area contributed by atoms with Crippen molar-refractivity contribution in [3.8, 4) is 5.75 Å². The summed E-state index contributed by atoms with van der Waals surface area (Å²) >= 11 is 0. The van der Waals surface area contributed by atoms with Crippen LogP contribution in [-0.4, -0.2) is 24.5 Å². The molecule has 98 valence electrons. The highest BCUT2D eigenvalue weighted by Crippen LogP contribution is 2.37. The minimum atomic E-state index is -4.64. The van der Waals surface area contributed by atoms with Gasteiger partial charge < -0.3 is 19.2 Å². The normalized spacial score (nSPS) is 11.4. The second-order valence-corrected chi connectivity index (χ2v) is 5.10. The number of rotatable bonds is 2. The van der Waals surface area contributed by atoms with Crippen LogP contribution in [0.25, 0.3) is 0 Å². The molecule has 0 heterocycles. The van der Waals surface area contributed by atoms with Gasteiger partial charge in [-0.15, -0.1) is 0 Å². The Labute approximate surface area is 97.0 Å². The molecule has 0 atom stereocenters. The van der Waals surface area contributed by atoms with Gasteiger partial charge in [-0.2, -0.15) is 0 Å². The molecule has 0 aliphatic carbocycles. The molecule has 1 rings (SSSR count). The Kier molecular flexibility index (Phi) is 6.01. The number of hydrogen-bond acceptors (Lipinski definition) is 3. The summed E-state index contributed by atoms with van der Waals surface area (Å²) in [5.74, 6) is 0.175. The first kappa shape index (κ1) is 16.3. The van der Waals surface area contributed by atoms with Gasteiger partial charge in [-0.1, -0.05) is 17.7 Å². The fourth-order valence-electron chi connectivity index (χ4n) is 0.736. The summed E-state index contributed by atoms with van der Waals surface area (Å²) in [4.78, 5) is 38.4. The predicted molar refractivity (Wildman–Crippen MR) is 58.1 cm³/mol. The Morgan fingerprint density at radius 1 is 0.941 bits per heavy atom. The molecular formula is C7H12O8P2. The van der Waals surface area contributed by atoms with Crippen LogP contribution in [0, 0.1) is 6.92 Å². The molecule has 0 unspecified atom stereocenters. The summed E-state index contributed by atoms with van der Waals surface area (Å²) in [5, 5.41) is 0. The van der Waals surface area contributed by atoms with E-state index in [4.69, 9.17) is 29.0 Å². The number of phosphoric ester groups is 1. The molecule has 5 N–H and O–H groups in total. The van der Waals surface area contributed by atoms with Gasteiger partial charge >= 0.3 is 15.6 Å². The van der Waals surface area contributed by atoms with E-state index >= 15 is 0 Å². The van der Waals surface area contributed by atoms with Crippen molar-refractivity contribution < 1.29 is 38.1 Å². The first-order valence-electron chi connectivity index (χ1n) is 4.07. The summed E-state index contributed by atoms with van der Waals surface area (Å²) < 4.78 is 23.6. The second kappa shape index (κ2) is 6.28. The molecule has 1 aromatic rings. The maximum atomic E-state index is 10.4. The van der Waals surface area contributed by atoms with E-state index in [-0.39, 0.29) is 5.75 Å². The lowest BCUT2D eigenvalue weighted by molar-refractivity contribution is 0.274. The van der Waals surface area contributed by atoms with Crippen LogP contribution in [0.3, 0.4) is 0 Å². The van der Waals surface area contributed by atoms with Gasteiger partial charge in [0.2, 0.25) is 0 Å². The largest absolute Gasteiger partial charge is 0.524 e. The van der Waals surface area contributed by atoms with Crippen molar-refractivity contribution in [2.45, 2.75) is 6.92 Å². The SMILES string of the molecule is Cc1ccc(OP(=O)(O)O)cc1.O=P(O)(O)O. The van der Waals surface area contributed by atoms with Gasteiger partial charge in [-0.05, 0) is 19.1 Å². The molecule has 0 radical (unpaired) electrons. The molecule has 17 heavy (non-hydrogen) atoms. The van der Waals surface area contributed by atoms with E-state index in [0.29, 0.717) is 0 Å². The maximum Gasteiger partial charge on any atom is 0.524 e. The van der Waals surface area contributed by atoms with Crippen LogP contribution in [-0.2, 0) is 9.13 Å². The quantitative estimate of drug-likeness (QED) is 0.495. The standard InChI is InChI=1S/C7H9O4P.H3O4P/c1-6-2-4-7(5-3-6)11-12(8,9)10;1-5(2,3)4/h2-5H,1H3,(H2,8,9,10);(H3,1,2,3,4). The smallest absolute Gasteiger partial charge is 0.404 e. The van der Waals surface area contributed by atoms with Crippen LogP contribution in [0.5, 0.6) is 5.75 Å². The van der Waals surface area contributed by atoms with E-state index < -0.39 is 15.6 Å². The van der Waals surface area contributed by atoms with Crippen molar-refractivity contribution in [2.75, 3.05) is 0 Å². The van der Waals surface area contributed by atoms with Gasteiger partial charge in [-0.3, -0.25) is 9.79 Å². The van der Waals surface area contributed by atoms with E-state index in [9.17, 15) is 4.57 Å². The zero-order valence-electron chi connectivity index (χ0n) is 8.66. The maximum absolute atomic E-state index is 10.4. The van der Waals surface area contributed by atoms with Crippen LogP contribution in [0.2, 0.25) is 0 Å². The molecule has 0 saturated heterocycles. The van der Waals surface area contributed by atoms with Gasteiger partial charge in [-0.25, -0.2) is 9.13 Å². The summed E-state index contributed by atoms with van der Waals surface area (Å²) in [5.41, 5.74) is 1.01. The third-order valence-corrected chi connectivity index (χ3v) is 1.69. The lowest BCUT2D eigenvalue weighted by atomic mass is 10.2. The summed E-state index contributed by atoms with van der Waals surface area (Å²) in [6.07, 6.45) is 0. The van der Waals surface area contributed by atoms with Crippen LogP contribution >= 0.6 is 15.6 Å². The minimum Gasteiger partial charge on any atom is -0.404 e. The Bertz CT molecular complexity index is 421. The molecule has 1 aromatic carbocycles. The minimum absolute atomic E-state index is 0.175. The molecule has 10 heteroatoms. The summed E-state index contributed by atoms with van der Waals surface area (Å²) in [6, 6.07) is 6.44. The van der Waals surface area contributed by atoms with E-state index in [2.05, 4.69) is 4.52 Å². The average molecular weight is 286 g/mol. The van der Waals surface area contributed by atoms with Gasteiger partial charge in [0.25, 0.3) is 0 Å². The highest BCUT2D eigenvalue weighted by molar-refractivity contribution is 7.46. The van der Waals surface area contributed by atoms with E-state index in [0.717, 1.165) is 5.56 Å². The predicted octanol–water partition coefficient (Wildman–Crippen LogP) is 0.538. The molecule has 0 fully saturated rings. The summed E-state index contributed by atoms with van der Waals surface area (Å²) in [7, 11) is -9.04. The third-order valence-electron chi connectivity index (χ3n) is 1.25. The molecule has 0 spiro atoms. The molecule has 0 saturated carbocycles. The van der Waals surface area contributed by atoms with Gasteiger partial charge in [0.15, 0.2) is 0 Å². The van der Waals surface area contributed by atoms with Gasteiger partial charge in [0, 0.05) is 0 Å². The Hall–Kier alpha value is -0.720. The van der Waals surface area contributed by atoms with Crippen molar-refractivity contribution in [1.29, 1.82) is 0 Å². The van der Waals surface area contributed by atoms with Crippen molar-refractivity contribution in [1.82, 2.24) is 0 Å². The van der Waals surface area contributed by atoms with Crippen molar-refractivity contribution >= 4 is 15.6 Å². The topological polar surface area (TPSA) is 145 Å². The van der Waals surface area contributed by atoms with E-state index in [1.807, 2.05) is 6.92 Å². The number of aryl methyl sites for hydroxylation is 1. The first-order chi connectivity index (χ1) is 7.47. The Balaban J connectivity index is 0.000000437. The molecule has 0 aromatic heterocycles. The van der Waals surface area contributed by atoms with E-state index in [1.54, 1.807) is 12.1 Å². The molecule has 0 aliphatic rings. The molecule has 0 aliphatic heterocycles. The van der Waals surface area contributed by atoms with Crippen molar-refractivity contribution in [2.24, 2.45) is 0 Å². The van der Waals surface area contributed by atoms with Crippen LogP contribution in [0.1, 0.15) is 5.56 Å². The molecule has 8 nitrogen and oxygen atoms in total. The second-order valence-electron chi connectivity index (χ2n) is 2.91. The third kappa shape index (κ3) is 13.2. The Morgan fingerprint density at radius 3 is 1.59 bits per heavy atom.